The molecule has 0 aromatic heterocycles. The Morgan fingerprint density at radius 2 is 1.47 bits per heavy atom. The van der Waals surface area contributed by atoms with Gasteiger partial charge in [-0.2, -0.15) is 0 Å². The van der Waals surface area contributed by atoms with E-state index in [1.54, 1.807) is 0 Å². The van der Waals surface area contributed by atoms with Crippen LogP contribution in [0, 0.1) is 11.6 Å². The van der Waals surface area contributed by atoms with Gasteiger partial charge in [-0.25, -0.2) is 8.78 Å². The third kappa shape index (κ3) is 5.28. The van der Waals surface area contributed by atoms with Crippen LogP contribution in [0.15, 0.2) is 36.4 Å². The lowest BCUT2D eigenvalue weighted by Crippen LogP contribution is -2.70. The van der Waals surface area contributed by atoms with Gasteiger partial charge < -0.3 is 34.7 Å². The lowest BCUT2D eigenvalue weighted by molar-refractivity contribution is -0.286. The molecule has 2 bridgehead atoms. The van der Waals surface area contributed by atoms with Crippen molar-refractivity contribution < 1.29 is 51.2 Å². The molecule has 0 saturated heterocycles. The molecule has 0 radical (unpaired) electrons. The molecule has 3 saturated carbocycles. The van der Waals surface area contributed by atoms with E-state index in [9.17, 15) is 32.3 Å². The van der Waals surface area contributed by atoms with Crippen molar-refractivity contribution in [1.82, 2.24) is 10.6 Å². The molecule has 9 nitrogen and oxygen atoms in total. The first-order valence-corrected chi connectivity index (χ1v) is 11.9. The zero-order valence-electron chi connectivity index (χ0n) is 19.9. The van der Waals surface area contributed by atoms with Crippen LogP contribution in [0.3, 0.4) is 0 Å². The first-order valence-electron chi connectivity index (χ1n) is 11.9. The van der Waals surface area contributed by atoms with Crippen LogP contribution in [0.4, 0.5) is 17.6 Å². The van der Waals surface area contributed by atoms with Crippen LogP contribution in [-0.4, -0.2) is 53.6 Å². The third-order valence-corrected chi connectivity index (χ3v) is 7.12. The molecule has 1 aliphatic heterocycles. The molecule has 3 fully saturated rings. The van der Waals surface area contributed by atoms with Gasteiger partial charge in [0.25, 0.3) is 11.8 Å². The summed E-state index contributed by atoms with van der Waals surface area (Å²) in [5.41, 5.74) is -1.59. The summed E-state index contributed by atoms with van der Waals surface area (Å²) in [6.07, 6.45) is -2.76. The summed E-state index contributed by atoms with van der Waals surface area (Å²) in [7, 11) is 0. The van der Waals surface area contributed by atoms with Gasteiger partial charge in [-0.15, -0.1) is 8.78 Å². The van der Waals surface area contributed by atoms with Gasteiger partial charge in [-0.05, 0) is 56.4 Å². The summed E-state index contributed by atoms with van der Waals surface area (Å²) >= 11 is 0. The summed E-state index contributed by atoms with van der Waals surface area (Å²) in [6.45, 7) is -0.840. The number of carbonyl (C=O) groups is 2. The Labute approximate surface area is 214 Å². The lowest BCUT2D eigenvalue weighted by atomic mass is 9.60. The van der Waals surface area contributed by atoms with E-state index < -0.39 is 60.1 Å². The van der Waals surface area contributed by atoms with Crippen LogP contribution in [-0.2, 0) is 9.59 Å². The Bertz CT molecular complexity index is 1250. The Morgan fingerprint density at radius 3 is 2.13 bits per heavy atom. The van der Waals surface area contributed by atoms with Gasteiger partial charge >= 0.3 is 6.29 Å². The van der Waals surface area contributed by atoms with Gasteiger partial charge in [0.15, 0.2) is 36.3 Å². The molecule has 38 heavy (non-hydrogen) atoms. The van der Waals surface area contributed by atoms with Gasteiger partial charge in [0, 0.05) is 17.7 Å². The van der Waals surface area contributed by atoms with E-state index in [4.69, 9.17) is 9.47 Å². The largest absolute Gasteiger partial charge is 0.586 e. The van der Waals surface area contributed by atoms with Crippen LogP contribution in [0.25, 0.3) is 0 Å². The molecule has 204 valence electrons. The molecule has 3 aliphatic carbocycles. The molecular weight excluding hydrogens is 516 g/mol. The smallest absolute Gasteiger partial charge is 0.484 e. The molecule has 6 rings (SSSR count). The number of amides is 2. The standard InChI is InChI=1S/C25H24F4N2O7/c26-16-3-1-14(9-17(16)27)35-13-22(34)31-24-7-5-23(6-8-24,11-20(24)32)30-21(33)12-36-15-2-4-18-19(10-15)38-25(28,29)37-18/h1-4,9-10,20,32H,5-8,11-13H2,(H,30,33)(H,31,34)/t20-,23?,24?/m1/s1. The van der Waals surface area contributed by atoms with Crippen molar-refractivity contribution in [3.8, 4) is 23.0 Å². The second-order valence-electron chi connectivity index (χ2n) is 9.68. The highest BCUT2D eigenvalue weighted by Gasteiger charge is 2.55. The van der Waals surface area contributed by atoms with E-state index in [1.165, 1.54) is 24.3 Å². The number of rotatable bonds is 8. The summed E-state index contributed by atoms with van der Waals surface area (Å²) in [5.74, 6) is -3.33. The van der Waals surface area contributed by atoms with E-state index in [-0.39, 0.29) is 29.4 Å². The maximum absolute atomic E-state index is 13.3. The average molecular weight is 540 g/mol. The number of carbonyl (C=O) groups excluding carboxylic acids is 2. The van der Waals surface area contributed by atoms with E-state index in [0.29, 0.717) is 25.7 Å². The van der Waals surface area contributed by atoms with Gasteiger partial charge in [0.2, 0.25) is 0 Å². The predicted octanol–water partition coefficient (Wildman–Crippen LogP) is 2.79. The van der Waals surface area contributed by atoms with Crippen LogP contribution in [0.2, 0.25) is 0 Å². The van der Waals surface area contributed by atoms with Gasteiger partial charge in [-0.1, -0.05) is 0 Å². The number of nitrogens with one attached hydrogen (secondary N) is 2. The first-order chi connectivity index (χ1) is 18.0. The van der Waals surface area contributed by atoms with E-state index in [2.05, 4.69) is 20.1 Å². The number of hydrogen-bond acceptors (Lipinski definition) is 7. The minimum absolute atomic E-state index is 0.00739. The second kappa shape index (κ2) is 9.53. The fraction of sp³-hybridized carbons (Fsp3) is 0.440. The molecule has 2 aromatic rings. The quantitative estimate of drug-likeness (QED) is 0.441. The van der Waals surface area contributed by atoms with Crippen molar-refractivity contribution in [2.45, 2.75) is 55.6 Å². The number of aliphatic hydroxyl groups is 1. The normalized spacial score (nSPS) is 26.5. The molecular formula is C25H24F4N2O7. The number of hydrogen-bond donors (Lipinski definition) is 3. The number of alkyl halides is 2. The van der Waals surface area contributed by atoms with Crippen molar-refractivity contribution in [2.75, 3.05) is 13.2 Å². The Morgan fingerprint density at radius 1 is 0.868 bits per heavy atom. The predicted molar refractivity (Wildman–Crippen MR) is 121 cm³/mol. The first kappa shape index (κ1) is 25.9. The Kier molecular flexibility index (Phi) is 6.49. The van der Waals surface area contributed by atoms with Gasteiger partial charge in [0.1, 0.15) is 11.5 Å². The summed E-state index contributed by atoms with van der Waals surface area (Å²) in [6, 6.07) is 6.74. The van der Waals surface area contributed by atoms with Gasteiger partial charge in [-0.3, -0.25) is 9.59 Å². The van der Waals surface area contributed by atoms with Crippen LogP contribution in [0.5, 0.6) is 23.0 Å². The molecule has 0 unspecified atom stereocenters. The minimum atomic E-state index is -3.76. The Hall–Kier alpha value is -3.74. The highest BCUT2D eigenvalue weighted by Crippen LogP contribution is 2.47. The molecule has 1 atom stereocenters. The molecule has 0 spiro atoms. The molecule has 4 aliphatic rings. The summed E-state index contributed by atoms with van der Waals surface area (Å²) in [5, 5.41) is 16.6. The van der Waals surface area contributed by atoms with Crippen molar-refractivity contribution in [1.29, 1.82) is 0 Å². The summed E-state index contributed by atoms with van der Waals surface area (Å²) in [4.78, 5) is 25.1. The molecule has 13 heteroatoms. The number of halogens is 4. The second-order valence-corrected chi connectivity index (χ2v) is 9.68. The highest BCUT2D eigenvalue weighted by molar-refractivity contribution is 5.79. The molecule has 2 aromatic carbocycles. The highest BCUT2D eigenvalue weighted by atomic mass is 19.3. The fourth-order valence-electron chi connectivity index (χ4n) is 5.19. The number of ether oxygens (including phenoxy) is 4. The van der Waals surface area contributed by atoms with Crippen molar-refractivity contribution in [3.05, 3.63) is 48.0 Å². The topological polar surface area (TPSA) is 115 Å². The van der Waals surface area contributed by atoms with Crippen molar-refractivity contribution in [3.63, 3.8) is 0 Å². The monoisotopic (exact) mass is 540 g/mol. The van der Waals surface area contributed by atoms with Gasteiger partial charge in [0.05, 0.1) is 11.6 Å². The van der Waals surface area contributed by atoms with Crippen LogP contribution >= 0.6 is 0 Å². The average Bonchev–Trinajstić information content (AvgIpc) is 3.17. The number of aliphatic hydroxyl groups excluding tert-OH is 1. The number of fused-ring (bicyclic) bond motifs is 4. The van der Waals surface area contributed by atoms with Crippen LogP contribution in [0.1, 0.15) is 32.1 Å². The molecule has 3 N–H and O–H groups in total. The summed E-state index contributed by atoms with van der Waals surface area (Å²) < 4.78 is 72.0. The zero-order chi connectivity index (χ0) is 27.1. The third-order valence-electron chi connectivity index (χ3n) is 7.12. The Balaban J connectivity index is 1.11. The lowest BCUT2D eigenvalue weighted by Gasteiger charge is -2.56. The van der Waals surface area contributed by atoms with Crippen molar-refractivity contribution in [2.24, 2.45) is 0 Å². The number of benzene rings is 2. The maximum Gasteiger partial charge on any atom is 0.586 e. The molecule has 2 amide bonds. The minimum Gasteiger partial charge on any atom is -0.484 e. The fourth-order valence-corrected chi connectivity index (χ4v) is 5.19. The SMILES string of the molecule is O=C(COc1ccc2c(c1)OC(F)(F)O2)NC12CCC(NC(=O)COc3ccc(F)c(F)c3)(CC1)[C@H](O)C2. The van der Waals surface area contributed by atoms with Crippen molar-refractivity contribution >= 4 is 11.8 Å². The van der Waals surface area contributed by atoms with E-state index in [1.807, 2.05) is 0 Å². The van der Waals surface area contributed by atoms with E-state index >= 15 is 0 Å². The van der Waals surface area contributed by atoms with Crippen LogP contribution < -0.4 is 29.6 Å². The maximum atomic E-state index is 13.3. The zero-order valence-corrected chi connectivity index (χ0v) is 19.9. The van der Waals surface area contributed by atoms with E-state index in [0.717, 1.165) is 12.1 Å². The molecule has 1 heterocycles.